The van der Waals surface area contributed by atoms with E-state index in [1.807, 2.05) is 0 Å². The molecule has 168 valence electrons. The van der Waals surface area contributed by atoms with Gasteiger partial charge in [0.05, 0.1) is 10.6 Å². The van der Waals surface area contributed by atoms with Gasteiger partial charge in [-0.15, -0.1) is 0 Å². The highest BCUT2D eigenvalue weighted by Gasteiger charge is 2.27. The molecule has 0 aliphatic rings. The van der Waals surface area contributed by atoms with Gasteiger partial charge in [-0.05, 0) is 59.9 Å². The average molecular weight is 471 g/mol. The third kappa shape index (κ3) is 5.69. The molecule has 3 rings (SSSR count). The van der Waals surface area contributed by atoms with Gasteiger partial charge in [-0.25, -0.2) is 8.42 Å². The second-order valence-corrected chi connectivity index (χ2v) is 9.69. The third-order valence-corrected chi connectivity index (χ3v) is 7.27. The minimum atomic E-state index is -3.96. The molecule has 0 aliphatic carbocycles. The summed E-state index contributed by atoms with van der Waals surface area (Å²) in [4.78, 5) is 13.0. The van der Waals surface area contributed by atoms with Crippen LogP contribution in [0.15, 0.2) is 77.7 Å². The molecule has 0 atom stereocenters. The Balaban J connectivity index is 1.85. The van der Waals surface area contributed by atoms with E-state index >= 15 is 0 Å². The minimum absolute atomic E-state index is 0.108. The van der Waals surface area contributed by atoms with Crippen molar-refractivity contribution in [1.29, 1.82) is 0 Å². The number of rotatable bonds is 9. The Bertz CT molecular complexity index is 1180. The fourth-order valence-corrected chi connectivity index (χ4v) is 5.07. The van der Waals surface area contributed by atoms with E-state index in [0.717, 1.165) is 28.3 Å². The van der Waals surface area contributed by atoms with Crippen LogP contribution < -0.4 is 9.62 Å². The quantitative estimate of drug-likeness (QED) is 0.479. The number of carbonyl (C=O) groups excluding carboxylic acids is 1. The first-order valence-electron chi connectivity index (χ1n) is 10.6. The second kappa shape index (κ2) is 10.7. The van der Waals surface area contributed by atoms with Gasteiger partial charge in [-0.3, -0.25) is 9.10 Å². The molecule has 3 aromatic rings. The van der Waals surface area contributed by atoms with Crippen molar-refractivity contribution < 1.29 is 13.2 Å². The number of hydrogen-bond donors (Lipinski definition) is 1. The van der Waals surface area contributed by atoms with Gasteiger partial charge in [0.1, 0.15) is 6.54 Å². The first kappa shape index (κ1) is 23.8. The minimum Gasteiger partial charge on any atom is -0.350 e. The summed E-state index contributed by atoms with van der Waals surface area (Å²) in [7, 11) is -3.96. The number of benzene rings is 3. The van der Waals surface area contributed by atoms with E-state index in [1.165, 1.54) is 23.8 Å². The largest absolute Gasteiger partial charge is 0.350 e. The Morgan fingerprint density at radius 1 is 0.906 bits per heavy atom. The molecule has 0 radical (unpaired) electrons. The van der Waals surface area contributed by atoms with Crippen molar-refractivity contribution in [1.82, 2.24) is 5.32 Å². The predicted molar refractivity (Wildman–Crippen MR) is 129 cm³/mol. The van der Waals surface area contributed by atoms with E-state index in [-0.39, 0.29) is 11.4 Å². The molecule has 7 heteroatoms. The Hall–Kier alpha value is -2.83. The highest BCUT2D eigenvalue weighted by atomic mass is 35.5. The van der Waals surface area contributed by atoms with Crippen molar-refractivity contribution in [3.8, 4) is 0 Å². The number of sulfonamides is 1. The molecular formula is C25H27ClN2O3S. The number of nitrogens with zero attached hydrogens (tertiary/aromatic N) is 1. The number of anilines is 1. The van der Waals surface area contributed by atoms with Gasteiger partial charge < -0.3 is 5.32 Å². The van der Waals surface area contributed by atoms with Crippen molar-refractivity contribution in [2.75, 3.05) is 10.8 Å². The highest BCUT2D eigenvalue weighted by molar-refractivity contribution is 7.92. The molecule has 0 unspecified atom stereocenters. The van der Waals surface area contributed by atoms with Gasteiger partial charge in [-0.1, -0.05) is 67.9 Å². The Kier molecular flexibility index (Phi) is 7.94. The number of aryl methyl sites for hydroxylation is 2. The van der Waals surface area contributed by atoms with Crippen molar-refractivity contribution in [2.24, 2.45) is 0 Å². The molecule has 0 aliphatic heterocycles. The van der Waals surface area contributed by atoms with Crippen LogP contribution in [0.5, 0.6) is 0 Å². The zero-order valence-electron chi connectivity index (χ0n) is 18.2. The van der Waals surface area contributed by atoms with E-state index in [1.54, 1.807) is 36.4 Å². The summed E-state index contributed by atoms with van der Waals surface area (Å²) in [5, 5.41) is 3.27. The molecule has 0 spiro atoms. The standard InChI is InChI=1S/C25H27ClN2O3S/c1-3-19-13-14-20(4-2)21(15-19)17-27-25(29)18-28(23-10-8-9-22(26)16-23)32(30,31)24-11-6-5-7-12-24/h5-16H,3-4,17-18H2,1-2H3,(H,27,29). The number of nitrogens with one attached hydrogen (secondary N) is 1. The van der Waals surface area contributed by atoms with Crippen LogP contribution in [0.1, 0.15) is 30.5 Å². The van der Waals surface area contributed by atoms with Crippen LogP contribution in [0.3, 0.4) is 0 Å². The SMILES string of the molecule is CCc1ccc(CC)c(CNC(=O)CN(c2cccc(Cl)c2)S(=O)(=O)c2ccccc2)c1. The van der Waals surface area contributed by atoms with Crippen LogP contribution in [0.25, 0.3) is 0 Å². The molecule has 32 heavy (non-hydrogen) atoms. The maximum atomic E-state index is 13.3. The summed E-state index contributed by atoms with van der Waals surface area (Å²) >= 11 is 6.10. The van der Waals surface area contributed by atoms with Gasteiger partial charge in [0.2, 0.25) is 5.91 Å². The van der Waals surface area contributed by atoms with Gasteiger partial charge in [0.15, 0.2) is 0 Å². The lowest BCUT2D eigenvalue weighted by Gasteiger charge is -2.24. The van der Waals surface area contributed by atoms with E-state index in [9.17, 15) is 13.2 Å². The molecule has 0 saturated carbocycles. The normalized spacial score (nSPS) is 11.2. The maximum absolute atomic E-state index is 13.3. The second-order valence-electron chi connectivity index (χ2n) is 7.39. The lowest BCUT2D eigenvalue weighted by atomic mass is 10.0. The molecule has 0 aromatic heterocycles. The molecule has 3 aromatic carbocycles. The van der Waals surface area contributed by atoms with Crippen LogP contribution in [0, 0.1) is 0 Å². The summed E-state index contributed by atoms with van der Waals surface area (Å²) in [5.41, 5.74) is 3.73. The smallest absolute Gasteiger partial charge is 0.264 e. The molecule has 5 nitrogen and oxygen atoms in total. The summed E-state index contributed by atoms with van der Waals surface area (Å²) in [6.45, 7) is 4.14. The third-order valence-electron chi connectivity index (χ3n) is 5.25. The Labute approximate surface area is 195 Å². The number of halogens is 1. The van der Waals surface area contributed by atoms with Gasteiger partial charge in [0, 0.05) is 11.6 Å². The zero-order chi connectivity index (χ0) is 23.1. The molecular weight excluding hydrogens is 444 g/mol. The lowest BCUT2D eigenvalue weighted by Crippen LogP contribution is -2.40. The van der Waals surface area contributed by atoms with Crippen LogP contribution in [-0.4, -0.2) is 20.9 Å². The molecule has 0 saturated heterocycles. The van der Waals surface area contributed by atoms with Crippen LogP contribution in [0.4, 0.5) is 5.69 Å². The van der Waals surface area contributed by atoms with Crippen molar-refractivity contribution >= 4 is 33.2 Å². The summed E-state index contributed by atoms with van der Waals surface area (Å²) < 4.78 is 27.8. The van der Waals surface area contributed by atoms with E-state index < -0.39 is 15.9 Å². The zero-order valence-corrected chi connectivity index (χ0v) is 19.8. The fraction of sp³-hybridized carbons (Fsp3) is 0.240. The molecule has 0 bridgehead atoms. The van der Waals surface area contributed by atoms with Crippen LogP contribution in [-0.2, 0) is 34.2 Å². The molecule has 1 amide bonds. The van der Waals surface area contributed by atoms with E-state index in [2.05, 4.69) is 37.4 Å². The average Bonchev–Trinajstić information content (AvgIpc) is 2.81. The predicted octanol–water partition coefficient (Wildman–Crippen LogP) is 4.98. The Morgan fingerprint density at radius 2 is 1.66 bits per heavy atom. The van der Waals surface area contributed by atoms with Gasteiger partial charge >= 0.3 is 0 Å². The van der Waals surface area contributed by atoms with Crippen molar-refractivity contribution in [2.45, 2.75) is 38.1 Å². The maximum Gasteiger partial charge on any atom is 0.264 e. The van der Waals surface area contributed by atoms with Crippen molar-refractivity contribution in [3.63, 3.8) is 0 Å². The molecule has 0 fully saturated rings. The first-order chi connectivity index (χ1) is 15.3. The molecule has 1 N–H and O–H groups in total. The topological polar surface area (TPSA) is 66.5 Å². The van der Waals surface area contributed by atoms with Gasteiger partial charge in [0.25, 0.3) is 10.0 Å². The summed E-state index contributed by atoms with van der Waals surface area (Å²) in [6.07, 6.45) is 1.76. The first-order valence-corrected chi connectivity index (χ1v) is 12.4. The van der Waals surface area contributed by atoms with Crippen molar-refractivity contribution in [3.05, 3.63) is 94.5 Å². The number of hydrogen-bond acceptors (Lipinski definition) is 3. The van der Waals surface area contributed by atoms with Gasteiger partial charge in [-0.2, -0.15) is 0 Å². The monoisotopic (exact) mass is 470 g/mol. The highest BCUT2D eigenvalue weighted by Crippen LogP contribution is 2.26. The van der Waals surface area contributed by atoms with Crippen LogP contribution in [0.2, 0.25) is 5.02 Å². The van der Waals surface area contributed by atoms with E-state index in [0.29, 0.717) is 17.3 Å². The number of carbonyl (C=O) groups is 1. The van der Waals surface area contributed by atoms with E-state index in [4.69, 9.17) is 11.6 Å². The summed E-state index contributed by atoms with van der Waals surface area (Å²) in [6, 6.07) is 20.8. The van der Waals surface area contributed by atoms with Crippen LogP contribution >= 0.6 is 11.6 Å². The molecule has 0 heterocycles. The Morgan fingerprint density at radius 3 is 2.31 bits per heavy atom. The fourth-order valence-electron chi connectivity index (χ4n) is 3.45. The number of amides is 1. The lowest BCUT2D eigenvalue weighted by molar-refractivity contribution is -0.119. The summed E-state index contributed by atoms with van der Waals surface area (Å²) in [5.74, 6) is -0.395.